The molecular formula is C34H34N6O6. The zero-order valence-electron chi connectivity index (χ0n) is 25.6. The molecule has 1 amide bonds. The Hall–Kier alpha value is -5.46. The van der Waals surface area contributed by atoms with Crippen LogP contribution in [0.2, 0.25) is 0 Å². The van der Waals surface area contributed by atoms with Gasteiger partial charge in [0.05, 0.1) is 38.7 Å². The normalized spacial score (nSPS) is 13.3. The first kappa shape index (κ1) is 30.6. The lowest BCUT2D eigenvalue weighted by molar-refractivity contribution is 0.0195. The summed E-state index contributed by atoms with van der Waals surface area (Å²) in [4.78, 5) is 37.2. The van der Waals surface area contributed by atoms with Crippen molar-refractivity contribution in [2.75, 3.05) is 64.3 Å². The van der Waals surface area contributed by atoms with Crippen molar-refractivity contribution in [1.82, 2.24) is 19.3 Å². The Morgan fingerprint density at radius 1 is 0.913 bits per heavy atom. The highest BCUT2D eigenvalue weighted by molar-refractivity contribution is 6.05. The molecule has 236 valence electrons. The maximum Gasteiger partial charge on any atom is 0.338 e. The number of rotatable bonds is 11. The Labute approximate surface area is 265 Å². The van der Waals surface area contributed by atoms with Gasteiger partial charge in [0.1, 0.15) is 6.61 Å². The van der Waals surface area contributed by atoms with E-state index in [1.807, 2.05) is 47.1 Å². The van der Waals surface area contributed by atoms with Crippen LogP contribution in [0.4, 0.5) is 17.2 Å². The van der Waals surface area contributed by atoms with E-state index in [0.29, 0.717) is 71.8 Å². The van der Waals surface area contributed by atoms with Crippen LogP contribution in [-0.4, -0.2) is 84.8 Å². The van der Waals surface area contributed by atoms with E-state index in [4.69, 9.17) is 23.9 Å². The molecule has 0 saturated carbocycles. The number of nitrogens with zero attached hydrogens (tertiary/aromatic N) is 4. The van der Waals surface area contributed by atoms with Gasteiger partial charge < -0.3 is 34.0 Å². The highest BCUT2D eigenvalue weighted by Crippen LogP contribution is 2.32. The van der Waals surface area contributed by atoms with Gasteiger partial charge in [-0.05, 0) is 48.5 Å². The van der Waals surface area contributed by atoms with E-state index >= 15 is 0 Å². The highest BCUT2D eigenvalue weighted by atomic mass is 16.5. The lowest BCUT2D eigenvalue weighted by atomic mass is 10.1. The fraction of sp³-hybridized carbons (Fsp3) is 0.235. The number of imidazole rings is 1. The standard InChI is InChI=1S/C34H34N6O6/c1-43-29-11-10-27(21-30(29)44-2)36-31-32-35-12-13-40(32)22-28(38-31)24-4-3-5-25(20-24)33(41)37-26-8-6-23(7-9-26)34(42)46-19-16-39-14-17-45-18-15-39/h3-13,20-22H,14-19H2,1-2H3,(H,36,38)(H,37,41). The Kier molecular flexibility index (Phi) is 9.37. The van der Waals surface area contributed by atoms with Gasteiger partial charge in [0.2, 0.25) is 0 Å². The fourth-order valence-electron chi connectivity index (χ4n) is 5.09. The summed E-state index contributed by atoms with van der Waals surface area (Å²) < 4.78 is 23.4. The lowest BCUT2D eigenvalue weighted by Crippen LogP contribution is -2.38. The van der Waals surface area contributed by atoms with Gasteiger partial charge in [-0.25, -0.2) is 14.8 Å². The third-order valence-corrected chi connectivity index (χ3v) is 7.56. The van der Waals surface area contributed by atoms with E-state index < -0.39 is 5.97 Å². The SMILES string of the molecule is COc1ccc(Nc2nc(-c3cccc(C(=O)Nc4ccc(C(=O)OCCN5CCOCC5)cc4)c3)cn3ccnc23)cc1OC. The first-order valence-corrected chi connectivity index (χ1v) is 14.8. The van der Waals surface area contributed by atoms with Crippen LogP contribution in [0.3, 0.4) is 0 Å². The number of hydrogen-bond donors (Lipinski definition) is 2. The van der Waals surface area contributed by atoms with Crippen LogP contribution in [-0.2, 0) is 9.47 Å². The largest absolute Gasteiger partial charge is 0.493 e. The van der Waals surface area contributed by atoms with E-state index in [9.17, 15) is 9.59 Å². The van der Waals surface area contributed by atoms with Crippen molar-refractivity contribution in [2.24, 2.45) is 0 Å². The van der Waals surface area contributed by atoms with E-state index in [-0.39, 0.29) is 5.91 Å². The zero-order chi connectivity index (χ0) is 31.9. The molecule has 46 heavy (non-hydrogen) atoms. The predicted molar refractivity (Wildman–Crippen MR) is 173 cm³/mol. The smallest absolute Gasteiger partial charge is 0.338 e. The van der Waals surface area contributed by atoms with Gasteiger partial charge in [-0.1, -0.05) is 12.1 Å². The molecule has 0 unspecified atom stereocenters. The molecule has 0 radical (unpaired) electrons. The minimum Gasteiger partial charge on any atom is -0.493 e. The van der Waals surface area contributed by atoms with Gasteiger partial charge in [-0.3, -0.25) is 9.69 Å². The summed E-state index contributed by atoms with van der Waals surface area (Å²) in [6, 6.07) is 19.3. The molecule has 3 aromatic carbocycles. The Bertz CT molecular complexity index is 1830. The number of aromatic nitrogens is 3. The number of morpholine rings is 1. The van der Waals surface area contributed by atoms with E-state index in [1.165, 1.54) is 0 Å². The number of hydrogen-bond acceptors (Lipinski definition) is 10. The van der Waals surface area contributed by atoms with Crippen LogP contribution in [0.25, 0.3) is 16.9 Å². The van der Waals surface area contributed by atoms with Crippen LogP contribution in [0.1, 0.15) is 20.7 Å². The van der Waals surface area contributed by atoms with Gasteiger partial charge in [-0.2, -0.15) is 0 Å². The molecule has 3 heterocycles. The van der Waals surface area contributed by atoms with Crippen LogP contribution < -0.4 is 20.1 Å². The monoisotopic (exact) mass is 622 g/mol. The lowest BCUT2D eigenvalue weighted by Gasteiger charge is -2.26. The first-order valence-electron chi connectivity index (χ1n) is 14.8. The zero-order valence-corrected chi connectivity index (χ0v) is 25.6. The highest BCUT2D eigenvalue weighted by Gasteiger charge is 2.15. The molecule has 1 saturated heterocycles. The van der Waals surface area contributed by atoms with Crippen molar-refractivity contribution < 1.29 is 28.5 Å². The van der Waals surface area contributed by atoms with Gasteiger partial charge in [0, 0.05) is 66.8 Å². The number of ether oxygens (including phenoxy) is 4. The maximum absolute atomic E-state index is 13.2. The minimum absolute atomic E-state index is 0.296. The molecule has 12 nitrogen and oxygen atoms in total. The number of esters is 1. The van der Waals surface area contributed by atoms with Crippen molar-refractivity contribution in [3.05, 3.63) is 96.4 Å². The van der Waals surface area contributed by atoms with Crippen LogP contribution in [0.5, 0.6) is 11.5 Å². The predicted octanol–water partition coefficient (Wildman–Crippen LogP) is 4.90. The summed E-state index contributed by atoms with van der Waals surface area (Å²) in [5, 5.41) is 6.23. The molecule has 1 aliphatic heterocycles. The van der Waals surface area contributed by atoms with Crippen molar-refractivity contribution >= 4 is 34.7 Å². The molecule has 0 aliphatic carbocycles. The molecule has 0 bridgehead atoms. The summed E-state index contributed by atoms with van der Waals surface area (Å²) in [5.74, 6) is 1.03. The summed E-state index contributed by atoms with van der Waals surface area (Å²) in [6.45, 7) is 4.05. The minimum atomic E-state index is -0.402. The number of anilines is 3. The topological polar surface area (TPSA) is 129 Å². The average molecular weight is 623 g/mol. The third-order valence-electron chi connectivity index (χ3n) is 7.56. The van der Waals surface area contributed by atoms with Crippen LogP contribution in [0.15, 0.2) is 85.3 Å². The maximum atomic E-state index is 13.2. The average Bonchev–Trinajstić information content (AvgIpc) is 3.58. The van der Waals surface area contributed by atoms with E-state index in [2.05, 4.69) is 20.5 Å². The summed E-state index contributed by atoms with van der Waals surface area (Å²) >= 11 is 0. The number of methoxy groups -OCH3 is 2. The molecule has 6 rings (SSSR count). The summed E-state index contributed by atoms with van der Waals surface area (Å²) in [6.07, 6.45) is 5.39. The Balaban J connectivity index is 1.13. The van der Waals surface area contributed by atoms with Gasteiger partial charge in [-0.15, -0.1) is 0 Å². The second-order valence-electron chi connectivity index (χ2n) is 10.5. The second kappa shape index (κ2) is 14.1. The second-order valence-corrected chi connectivity index (χ2v) is 10.5. The molecule has 1 aliphatic rings. The van der Waals surface area contributed by atoms with E-state index in [0.717, 1.165) is 24.3 Å². The van der Waals surface area contributed by atoms with Crippen molar-refractivity contribution in [1.29, 1.82) is 0 Å². The van der Waals surface area contributed by atoms with E-state index in [1.54, 1.807) is 56.8 Å². The molecule has 1 fully saturated rings. The number of fused-ring (bicyclic) bond motifs is 1. The summed E-state index contributed by atoms with van der Waals surface area (Å²) in [7, 11) is 3.17. The summed E-state index contributed by atoms with van der Waals surface area (Å²) in [5.41, 5.74) is 4.18. The first-order chi connectivity index (χ1) is 22.5. The molecule has 5 aromatic rings. The van der Waals surface area contributed by atoms with Crippen molar-refractivity contribution in [3.8, 4) is 22.8 Å². The van der Waals surface area contributed by atoms with Crippen LogP contribution in [0, 0.1) is 0 Å². The third kappa shape index (κ3) is 7.09. The van der Waals surface area contributed by atoms with Gasteiger partial charge in [0.25, 0.3) is 5.91 Å². The van der Waals surface area contributed by atoms with Crippen LogP contribution >= 0.6 is 0 Å². The molecule has 0 atom stereocenters. The number of nitrogens with one attached hydrogen (secondary N) is 2. The fourth-order valence-corrected chi connectivity index (χ4v) is 5.09. The number of carbonyl (C=O) groups excluding carboxylic acids is 2. The molecular weight excluding hydrogens is 588 g/mol. The molecule has 2 aromatic heterocycles. The number of carbonyl (C=O) groups is 2. The number of amides is 1. The van der Waals surface area contributed by atoms with Crippen molar-refractivity contribution in [3.63, 3.8) is 0 Å². The Morgan fingerprint density at radius 2 is 1.70 bits per heavy atom. The molecule has 12 heteroatoms. The number of benzene rings is 3. The van der Waals surface area contributed by atoms with Crippen molar-refractivity contribution in [2.45, 2.75) is 0 Å². The molecule has 0 spiro atoms. The van der Waals surface area contributed by atoms with Gasteiger partial charge in [0.15, 0.2) is 23.0 Å². The molecule has 2 N–H and O–H groups in total. The van der Waals surface area contributed by atoms with Gasteiger partial charge >= 0.3 is 5.97 Å². The Morgan fingerprint density at radius 3 is 2.48 bits per heavy atom. The quantitative estimate of drug-likeness (QED) is 0.196.